The van der Waals surface area contributed by atoms with Crippen molar-refractivity contribution in [3.8, 4) is 16.9 Å². The summed E-state index contributed by atoms with van der Waals surface area (Å²) in [5.74, 6) is 1.33. The Labute approximate surface area is 289 Å². The minimum absolute atomic E-state index is 0.0162. The van der Waals surface area contributed by atoms with Gasteiger partial charge in [0.2, 0.25) is 0 Å². The van der Waals surface area contributed by atoms with E-state index in [2.05, 4.69) is 15.0 Å². The quantitative estimate of drug-likeness (QED) is 0.233. The number of ether oxygens (including phenoxy) is 2. The fourth-order valence-corrected chi connectivity index (χ4v) is 6.47. The van der Waals surface area contributed by atoms with Crippen molar-refractivity contribution in [3.63, 3.8) is 0 Å². The monoisotopic (exact) mass is 695 g/mol. The van der Waals surface area contributed by atoms with E-state index in [1.807, 2.05) is 57.4 Å². The first-order valence-electron chi connectivity index (χ1n) is 16.8. The molecule has 4 aromatic rings. The van der Waals surface area contributed by atoms with E-state index >= 15 is 0 Å². The van der Waals surface area contributed by atoms with Crippen LogP contribution in [0.2, 0.25) is 0 Å². The van der Waals surface area contributed by atoms with E-state index in [0.717, 1.165) is 22.9 Å². The second-order valence-corrected chi connectivity index (χ2v) is 14.3. The molecule has 5 heterocycles. The van der Waals surface area contributed by atoms with Crippen LogP contribution < -0.4 is 9.64 Å². The van der Waals surface area contributed by atoms with Gasteiger partial charge in [0.1, 0.15) is 23.0 Å². The van der Waals surface area contributed by atoms with Crippen LogP contribution in [0.3, 0.4) is 0 Å². The molecule has 0 aliphatic carbocycles. The summed E-state index contributed by atoms with van der Waals surface area (Å²) in [6.07, 6.45) is -0.852. The predicted molar refractivity (Wildman–Crippen MR) is 181 cm³/mol. The third-order valence-corrected chi connectivity index (χ3v) is 9.20. The molecular weight excluding hydrogens is 651 g/mol. The fraction of sp³-hybridized carbons (Fsp3) is 0.500. The van der Waals surface area contributed by atoms with Crippen LogP contribution in [-0.2, 0) is 30.4 Å². The molecule has 1 saturated heterocycles. The number of aliphatic hydroxyl groups excluding tert-OH is 1. The second kappa shape index (κ2) is 13.3. The number of alkyl halides is 3. The van der Waals surface area contributed by atoms with E-state index < -0.39 is 29.5 Å². The summed E-state index contributed by atoms with van der Waals surface area (Å²) in [4.78, 5) is 25.5. The Morgan fingerprint density at radius 2 is 1.86 bits per heavy atom. The molecule has 268 valence electrons. The van der Waals surface area contributed by atoms with Gasteiger partial charge in [0, 0.05) is 80.1 Å². The van der Waals surface area contributed by atoms with Gasteiger partial charge in [0.25, 0.3) is 0 Å². The van der Waals surface area contributed by atoms with Crippen molar-refractivity contribution >= 4 is 11.9 Å². The molecule has 1 amide bonds. The lowest BCUT2D eigenvalue weighted by Gasteiger charge is -2.44. The van der Waals surface area contributed by atoms with Gasteiger partial charge in [-0.2, -0.15) is 18.3 Å². The minimum Gasteiger partial charge on any atom is -0.492 e. The number of amides is 1. The van der Waals surface area contributed by atoms with Gasteiger partial charge in [-0.1, -0.05) is 0 Å². The summed E-state index contributed by atoms with van der Waals surface area (Å²) < 4.78 is 57.7. The topological polar surface area (TPSA) is 111 Å². The van der Waals surface area contributed by atoms with Crippen molar-refractivity contribution in [1.29, 1.82) is 0 Å². The first kappa shape index (κ1) is 35.2. The maximum atomic E-state index is 14.3. The number of nitrogens with zero attached hydrogens (tertiary/aromatic N) is 7. The van der Waals surface area contributed by atoms with Crippen LogP contribution in [0.1, 0.15) is 67.7 Å². The van der Waals surface area contributed by atoms with E-state index in [1.165, 1.54) is 10.9 Å². The summed E-state index contributed by atoms with van der Waals surface area (Å²) in [5, 5.41) is 15.7. The number of halogens is 3. The van der Waals surface area contributed by atoms with E-state index in [-0.39, 0.29) is 42.2 Å². The van der Waals surface area contributed by atoms with Gasteiger partial charge in [-0.25, -0.2) is 14.8 Å². The molecule has 2 aliphatic rings. The maximum Gasteiger partial charge on any atom is 0.435 e. The molecule has 1 N–H and O–H groups in total. The molecule has 1 aromatic carbocycles. The Morgan fingerprint density at radius 3 is 2.50 bits per heavy atom. The molecule has 0 spiro atoms. The predicted octanol–water partition coefficient (Wildman–Crippen LogP) is 6.19. The number of likely N-dealkylation sites (N-methyl/N-ethyl adjacent to an activating group) is 1. The highest BCUT2D eigenvalue weighted by molar-refractivity contribution is 5.76. The van der Waals surface area contributed by atoms with Gasteiger partial charge in [-0.15, -0.1) is 0 Å². The van der Waals surface area contributed by atoms with Gasteiger partial charge in [0.05, 0.1) is 18.8 Å². The number of hydrogen-bond acceptors (Lipinski definition) is 8. The Morgan fingerprint density at radius 1 is 1.12 bits per heavy atom. The maximum absolute atomic E-state index is 14.3. The first-order chi connectivity index (χ1) is 23.5. The van der Waals surface area contributed by atoms with Crippen LogP contribution in [0.5, 0.6) is 5.75 Å². The van der Waals surface area contributed by atoms with Crippen molar-refractivity contribution in [3.05, 3.63) is 76.8 Å². The van der Waals surface area contributed by atoms with E-state index in [1.54, 1.807) is 37.3 Å². The lowest BCUT2D eigenvalue weighted by molar-refractivity contribution is -0.141. The molecule has 2 aliphatic heterocycles. The van der Waals surface area contributed by atoms with E-state index in [9.17, 15) is 23.1 Å². The van der Waals surface area contributed by atoms with Gasteiger partial charge >= 0.3 is 12.3 Å². The van der Waals surface area contributed by atoms with Gasteiger partial charge in [-0.05, 0) is 83.4 Å². The number of imidazole rings is 1. The summed E-state index contributed by atoms with van der Waals surface area (Å²) in [7, 11) is 1.74. The number of fused-ring (bicyclic) bond motifs is 1. The van der Waals surface area contributed by atoms with Crippen LogP contribution in [0, 0.1) is 19.8 Å². The number of aryl methyl sites for hydroxylation is 3. The highest BCUT2D eigenvalue weighted by atomic mass is 19.4. The zero-order valence-electron chi connectivity index (χ0n) is 29.5. The summed E-state index contributed by atoms with van der Waals surface area (Å²) in [6, 6.07) is 7.43. The molecule has 14 heteroatoms. The third kappa shape index (κ3) is 7.30. The molecular formula is C36H44F3N7O4. The highest BCUT2D eigenvalue weighted by Gasteiger charge is 2.40. The van der Waals surface area contributed by atoms with E-state index in [4.69, 9.17) is 14.5 Å². The number of hydrogen-bond donors (Lipinski definition) is 1. The Bertz CT molecular complexity index is 1870. The first-order valence-corrected chi connectivity index (χ1v) is 16.8. The Balaban J connectivity index is 1.27. The number of rotatable bonds is 8. The van der Waals surface area contributed by atoms with Crippen LogP contribution in [0.25, 0.3) is 11.1 Å². The van der Waals surface area contributed by atoms with Crippen LogP contribution >= 0.6 is 0 Å². The second-order valence-electron chi connectivity index (χ2n) is 14.3. The van der Waals surface area contributed by atoms with Crippen molar-refractivity contribution in [2.24, 2.45) is 5.92 Å². The van der Waals surface area contributed by atoms with Crippen molar-refractivity contribution in [1.82, 2.24) is 29.2 Å². The molecule has 0 unspecified atom stereocenters. The van der Waals surface area contributed by atoms with Crippen LogP contribution in [-0.4, -0.2) is 78.8 Å². The molecule has 0 saturated carbocycles. The van der Waals surface area contributed by atoms with Gasteiger partial charge in [-0.3, -0.25) is 4.68 Å². The average Bonchev–Trinajstić information content (AvgIpc) is 3.63. The largest absolute Gasteiger partial charge is 0.492 e. The standard InChI is InChI=1S/C36H44F3N7O4/c1-8-46-19-29(33(42-46)36(37,38)39)27-13-23(16-44-10-9-40-22(44)3)14-28-31(47)24(20-49-32(27)28)15-25-11-21(2)12-30(41-25)45-17-26(18-45)43(7)34(48)50-35(4,5)6/h9-14,19,24,26,31,47H,8,15-18,20H2,1-7H3/t24-,31-/m0/s1. The Kier molecular flexibility index (Phi) is 9.35. The zero-order chi connectivity index (χ0) is 36.1. The van der Waals surface area contributed by atoms with Crippen LogP contribution in [0.4, 0.5) is 23.8 Å². The number of aromatic nitrogens is 5. The molecule has 0 bridgehead atoms. The smallest absolute Gasteiger partial charge is 0.435 e. The van der Waals surface area contributed by atoms with Gasteiger partial charge < -0.3 is 28.9 Å². The van der Waals surface area contributed by atoms with Crippen LogP contribution in [0.15, 0.2) is 42.9 Å². The number of anilines is 1. The van der Waals surface area contributed by atoms with E-state index in [0.29, 0.717) is 37.2 Å². The SMILES string of the molecule is CCn1cc(-c2cc(Cn3ccnc3C)cc3c2OC[C@H](Cc2cc(C)cc(N4CC(N(C)C(=O)OC(C)(C)C)C4)n2)[C@@H]3O)c(C(F)(F)F)n1. The normalized spacial score (nSPS) is 18.0. The highest BCUT2D eigenvalue weighted by Crippen LogP contribution is 2.47. The number of benzene rings is 1. The summed E-state index contributed by atoms with van der Waals surface area (Å²) in [5.41, 5.74) is 1.43. The third-order valence-electron chi connectivity index (χ3n) is 9.20. The lowest BCUT2D eigenvalue weighted by Crippen LogP contribution is -2.60. The number of carbonyl (C=O) groups excluding carboxylic acids is 1. The summed E-state index contributed by atoms with van der Waals surface area (Å²) in [6.45, 7) is 13.0. The number of pyridine rings is 1. The van der Waals surface area contributed by atoms with Crippen molar-refractivity contribution in [2.75, 3.05) is 31.6 Å². The fourth-order valence-electron chi connectivity index (χ4n) is 6.47. The zero-order valence-corrected chi connectivity index (χ0v) is 29.5. The number of aliphatic hydroxyl groups is 1. The number of carbonyl (C=O) groups is 1. The van der Waals surface area contributed by atoms with Gasteiger partial charge in [0.15, 0.2) is 5.69 Å². The molecule has 3 aromatic heterocycles. The molecule has 1 fully saturated rings. The molecule has 11 nitrogen and oxygen atoms in total. The van der Waals surface area contributed by atoms with Crippen molar-refractivity contribution in [2.45, 2.75) is 85.0 Å². The molecule has 6 rings (SSSR count). The summed E-state index contributed by atoms with van der Waals surface area (Å²) >= 11 is 0. The Hall–Kier alpha value is -4.59. The lowest BCUT2D eigenvalue weighted by atomic mass is 9.86. The van der Waals surface area contributed by atoms with Crippen molar-refractivity contribution < 1.29 is 32.5 Å². The molecule has 2 atom stereocenters. The minimum atomic E-state index is -4.69. The molecule has 0 radical (unpaired) electrons. The average molecular weight is 696 g/mol. The molecule has 50 heavy (non-hydrogen) atoms.